The first-order valence-electron chi connectivity index (χ1n) is 11.2. The van der Waals surface area contributed by atoms with E-state index in [0.717, 1.165) is 16.0 Å². The maximum Gasteiger partial charge on any atom is 0.329 e. The second-order valence-electron chi connectivity index (χ2n) is 8.22. The summed E-state index contributed by atoms with van der Waals surface area (Å²) in [5, 5.41) is 5.51. The van der Waals surface area contributed by atoms with Crippen LogP contribution in [-0.4, -0.2) is 23.9 Å². The van der Waals surface area contributed by atoms with Crippen LogP contribution in [0.15, 0.2) is 72.8 Å². The molecule has 0 radical (unpaired) electrons. The van der Waals surface area contributed by atoms with Crippen LogP contribution in [0.1, 0.15) is 30.0 Å². The zero-order valence-electron chi connectivity index (χ0n) is 19.2. The number of aryl methyl sites for hydroxylation is 1. The van der Waals surface area contributed by atoms with Gasteiger partial charge in [-0.2, -0.15) is 0 Å². The van der Waals surface area contributed by atoms with E-state index in [1.165, 1.54) is 5.56 Å². The van der Waals surface area contributed by atoms with Crippen LogP contribution in [0, 0.1) is 6.92 Å². The van der Waals surface area contributed by atoms with Gasteiger partial charge >= 0.3 is 6.03 Å². The maximum atomic E-state index is 12.7. The Bertz CT molecular complexity index is 1220. The number of hydrogen-bond acceptors (Lipinski definition) is 4. The van der Waals surface area contributed by atoms with Crippen molar-refractivity contribution in [3.63, 3.8) is 0 Å². The summed E-state index contributed by atoms with van der Waals surface area (Å²) in [6, 6.07) is 21.2. The van der Waals surface area contributed by atoms with Crippen molar-refractivity contribution in [3.05, 3.63) is 89.5 Å². The number of imide groups is 1. The van der Waals surface area contributed by atoms with Crippen molar-refractivity contribution in [2.75, 3.05) is 10.2 Å². The van der Waals surface area contributed by atoms with E-state index in [2.05, 4.69) is 10.6 Å². The van der Waals surface area contributed by atoms with Gasteiger partial charge in [-0.15, -0.1) is 0 Å². The first-order chi connectivity index (χ1) is 16.4. The fourth-order valence-corrected chi connectivity index (χ4v) is 3.84. The summed E-state index contributed by atoms with van der Waals surface area (Å²) in [5.74, 6) is 0.190. The highest BCUT2D eigenvalue weighted by Crippen LogP contribution is 2.24. The smallest absolute Gasteiger partial charge is 0.329 e. The number of carbonyl (C=O) groups excluding carboxylic acids is 3. The van der Waals surface area contributed by atoms with Crippen LogP contribution >= 0.6 is 0 Å². The Labute approximate surface area is 198 Å². The van der Waals surface area contributed by atoms with E-state index >= 15 is 0 Å². The molecule has 174 valence electrons. The summed E-state index contributed by atoms with van der Waals surface area (Å²) >= 11 is 0. The molecule has 4 amide bonds. The summed E-state index contributed by atoms with van der Waals surface area (Å²) < 4.78 is 5.92. The maximum absolute atomic E-state index is 12.7. The van der Waals surface area contributed by atoms with E-state index < -0.39 is 12.1 Å². The lowest BCUT2D eigenvalue weighted by molar-refractivity contribution is -0.118. The minimum absolute atomic E-state index is 0.160. The minimum atomic E-state index is -0.522. The molecule has 1 heterocycles. The Balaban J connectivity index is 1.38. The van der Waals surface area contributed by atoms with Crippen LogP contribution < -0.4 is 20.3 Å². The molecule has 1 aliphatic rings. The highest BCUT2D eigenvalue weighted by molar-refractivity contribution is 6.21. The Morgan fingerprint density at radius 2 is 1.82 bits per heavy atom. The Morgan fingerprint density at radius 1 is 1.03 bits per heavy atom. The molecular weight excluding hydrogens is 430 g/mol. The first-order valence-corrected chi connectivity index (χ1v) is 11.2. The predicted molar refractivity (Wildman–Crippen MR) is 131 cm³/mol. The van der Waals surface area contributed by atoms with Gasteiger partial charge in [0.15, 0.2) is 0 Å². The van der Waals surface area contributed by atoms with E-state index in [-0.39, 0.29) is 18.2 Å². The number of hydrogen-bond donors (Lipinski definition) is 2. The van der Waals surface area contributed by atoms with Crippen LogP contribution in [0.4, 0.5) is 16.2 Å². The van der Waals surface area contributed by atoms with Gasteiger partial charge in [0, 0.05) is 5.69 Å². The number of benzene rings is 3. The SMILES string of the molecule is CCC1NC(=O)N(c2cccc(NC(=O)Cc3cccc(OCc4ccccc4C)c3)c2)C1=O. The van der Waals surface area contributed by atoms with Gasteiger partial charge in [-0.05, 0) is 60.4 Å². The summed E-state index contributed by atoms with van der Waals surface area (Å²) in [4.78, 5) is 38.5. The van der Waals surface area contributed by atoms with Crippen LogP contribution in [-0.2, 0) is 22.6 Å². The molecule has 7 heteroatoms. The van der Waals surface area contributed by atoms with Crippen molar-refractivity contribution in [1.82, 2.24) is 5.32 Å². The monoisotopic (exact) mass is 457 g/mol. The zero-order chi connectivity index (χ0) is 24.1. The number of nitrogens with one attached hydrogen (secondary N) is 2. The van der Waals surface area contributed by atoms with Crippen LogP contribution in [0.3, 0.4) is 0 Å². The van der Waals surface area contributed by atoms with Crippen LogP contribution in [0.2, 0.25) is 0 Å². The quantitative estimate of drug-likeness (QED) is 0.485. The number of rotatable bonds is 8. The third-order valence-corrected chi connectivity index (χ3v) is 5.73. The van der Waals surface area contributed by atoms with Crippen molar-refractivity contribution < 1.29 is 19.1 Å². The third-order valence-electron chi connectivity index (χ3n) is 5.73. The molecule has 1 unspecified atom stereocenters. The lowest BCUT2D eigenvalue weighted by Gasteiger charge is -2.14. The highest BCUT2D eigenvalue weighted by atomic mass is 16.5. The van der Waals surface area contributed by atoms with Gasteiger partial charge in [-0.1, -0.05) is 49.4 Å². The molecule has 34 heavy (non-hydrogen) atoms. The second kappa shape index (κ2) is 10.2. The lowest BCUT2D eigenvalue weighted by Crippen LogP contribution is -2.31. The molecule has 1 aliphatic heterocycles. The van der Waals surface area contributed by atoms with E-state index in [4.69, 9.17) is 4.74 Å². The molecule has 4 rings (SSSR count). The van der Waals surface area contributed by atoms with Gasteiger partial charge < -0.3 is 15.4 Å². The predicted octanol–water partition coefficient (Wildman–Crippen LogP) is 4.59. The fraction of sp³-hybridized carbons (Fsp3) is 0.222. The fourth-order valence-electron chi connectivity index (χ4n) is 3.84. The second-order valence-corrected chi connectivity index (χ2v) is 8.22. The van der Waals surface area contributed by atoms with Crippen molar-refractivity contribution in [2.24, 2.45) is 0 Å². The van der Waals surface area contributed by atoms with Crippen molar-refractivity contribution in [2.45, 2.75) is 39.3 Å². The Kier molecular flexibility index (Phi) is 6.92. The molecule has 0 bridgehead atoms. The molecule has 2 N–H and O–H groups in total. The molecule has 0 aromatic heterocycles. The van der Waals surface area contributed by atoms with E-state index in [0.29, 0.717) is 30.2 Å². The van der Waals surface area contributed by atoms with Gasteiger partial charge in [0.2, 0.25) is 5.91 Å². The van der Waals surface area contributed by atoms with E-state index in [1.54, 1.807) is 24.3 Å². The molecule has 3 aromatic rings. The average Bonchev–Trinajstić information content (AvgIpc) is 3.12. The molecule has 0 aliphatic carbocycles. The highest BCUT2D eigenvalue weighted by Gasteiger charge is 2.37. The largest absolute Gasteiger partial charge is 0.489 e. The topological polar surface area (TPSA) is 87.7 Å². The van der Waals surface area contributed by atoms with Gasteiger partial charge in [0.1, 0.15) is 18.4 Å². The summed E-state index contributed by atoms with van der Waals surface area (Å²) in [6.45, 7) is 4.34. The van der Waals surface area contributed by atoms with Crippen LogP contribution in [0.5, 0.6) is 5.75 Å². The standard InChI is InChI=1S/C27H27N3O4/c1-3-24-26(32)30(27(33)29-24)22-12-7-11-21(16-22)28-25(31)15-19-9-6-13-23(14-19)34-17-20-10-5-4-8-18(20)2/h4-14,16,24H,3,15,17H2,1-2H3,(H,28,31)(H,29,33). The van der Waals surface area contributed by atoms with Crippen LogP contribution in [0.25, 0.3) is 0 Å². The summed E-state index contributed by atoms with van der Waals surface area (Å²) in [5.41, 5.74) is 4.02. The molecule has 7 nitrogen and oxygen atoms in total. The van der Waals surface area contributed by atoms with Gasteiger partial charge in [0.25, 0.3) is 5.91 Å². The number of nitrogens with zero attached hydrogens (tertiary/aromatic N) is 1. The van der Waals surface area contributed by atoms with E-state index in [1.807, 2.05) is 62.4 Å². The normalized spacial score (nSPS) is 15.2. The molecule has 3 aromatic carbocycles. The zero-order valence-corrected chi connectivity index (χ0v) is 19.2. The molecule has 0 spiro atoms. The number of amides is 4. The molecular formula is C27H27N3O4. The summed E-state index contributed by atoms with van der Waals surface area (Å²) in [7, 11) is 0. The molecule has 1 fully saturated rings. The summed E-state index contributed by atoms with van der Waals surface area (Å²) in [6.07, 6.45) is 0.679. The number of anilines is 2. The Hall–Kier alpha value is -4.13. The van der Waals surface area contributed by atoms with Gasteiger partial charge in [0.05, 0.1) is 12.1 Å². The first kappa shape index (κ1) is 23.0. The Morgan fingerprint density at radius 3 is 2.59 bits per heavy atom. The van der Waals surface area contributed by atoms with Crippen molar-refractivity contribution in [3.8, 4) is 5.75 Å². The number of ether oxygens (including phenoxy) is 1. The van der Waals surface area contributed by atoms with Gasteiger partial charge in [-0.3, -0.25) is 9.59 Å². The van der Waals surface area contributed by atoms with Crippen molar-refractivity contribution >= 4 is 29.2 Å². The molecule has 1 atom stereocenters. The third kappa shape index (κ3) is 5.26. The molecule has 0 saturated carbocycles. The minimum Gasteiger partial charge on any atom is -0.489 e. The number of urea groups is 1. The van der Waals surface area contributed by atoms with Crippen molar-refractivity contribution in [1.29, 1.82) is 0 Å². The van der Waals surface area contributed by atoms with E-state index in [9.17, 15) is 14.4 Å². The number of carbonyl (C=O) groups is 3. The van der Waals surface area contributed by atoms with Gasteiger partial charge in [-0.25, -0.2) is 9.69 Å². The molecule has 1 saturated heterocycles. The lowest BCUT2D eigenvalue weighted by atomic mass is 10.1. The average molecular weight is 458 g/mol.